The second-order valence-corrected chi connectivity index (χ2v) is 6.11. The van der Waals surface area contributed by atoms with Gasteiger partial charge in [-0.3, -0.25) is 0 Å². The number of fused-ring (bicyclic) bond motifs is 1. The van der Waals surface area contributed by atoms with E-state index < -0.39 is 5.97 Å². The van der Waals surface area contributed by atoms with Crippen molar-refractivity contribution in [3.8, 4) is 11.5 Å². The number of halogens is 2. The second kappa shape index (κ2) is 7.02. The maximum Gasteiger partial charge on any atom is 0.349 e. The quantitative estimate of drug-likeness (QED) is 0.451. The normalized spacial score (nSPS) is 10.5. The van der Waals surface area contributed by atoms with Crippen LogP contribution >= 0.6 is 27.5 Å². The summed E-state index contributed by atoms with van der Waals surface area (Å²) in [7, 11) is 0. The van der Waals surface area contributed by atoms with E-state index in [0.29, 0.717) is 21.0 Å². The Balaban J connectivity index is 1.69. The molecule has 0 radical (unpaired) electrons. The number of hydrogen-bond acceptors (Lipinski definition) is 3. The van der Waals surface area contributed by atoms with Crippen molar-refractivity contribution < 1.29 is 14.3 Å². The summed E-state index contributed by atoms with van der Waals surface area (Å²) in [5.74, 6) is 0.583. The fourth-order valence-electron chi connectivity index (χ4n) is 2.17. The van der Waals surface area contributed by atoms with Crippen LogP contribution in [0.2, 0.25) is 5.02 Å². The van der Waals surface area contributed by atoms with Gasteiger partial charge >= 0.3 is 5.97 Å². The molecule has 3 aromatic carbocycles. The van der Waals surface area contributed by atoms with Crippen molar-refractivity contribution in [2.24, 2.45) is 0 Å². The molecular formula is C18H12BrClO3. The molecule has 0 heterocycles. The van der Waals surface area contributed by atoms with Gasteiger partial charge in [0.05, 0.1) is 4.47 Å². The first-order valence-corrected chi connectivity index (χ1v) is 8.07. The molecule has 3 aromatic rings. The fourth-order valence-corrected chi connectivity index (χ4v) is 2.96. The van der Waals surface area contributed by atoms with Crippen molar-refractivity contribution in [3.05, 3.63) is 70.2 Å². The fraction of sp³-hybridized carbons (Fsp3) is 0.0556. The Morgan fingerprint density at radius 3 is 2.61 bits per heavy atom. The van der Waals surface area contributed by atoms with Crippen molar-refractivity contribution in [2.45, 2.75) is 0 Å². The molecule has 0 N–H and O–H groups in total. The first kappa shape index (κ1) is 15.8. The lowest BCUT2D eigenvalue weighted by molar-refractivity contribution is -0.136. The van der Waals surface area contributed by atoms with Crippen LogP contribution in [0.15, 0.2) is 65.1 Å². The van der Waals surface area contributed by atoms with E-state index in [4.69, 9.17) is 21.1 Å². The number of benzene rings is 3. The molecule has 0 aliphatic rings. The monoisotopic (exact) mass is 390 g/mol. The standard InChI is InChI=1S/C18H12BrClO3/c19-15-10-13(20)8-9-17(15)22-11-18(21)23-16-7-3-5-12-4-1-2-6-14(12)16/h1-10H,11H2. The third-order valence-corrected chi connectivity index (χ3v) is 4.07. The Bertz CT molecular complexity index is 859. The van der Waals surface area contributed by atoms with Crippen LogP contribution in [-0.2, 0) is 4.79 Å². The van der Waals surface area contributed by atoms with E-state index in [1.807, 2.05) is 36.4 Å². The third-order valence-electron chi connectivity index (χ3n) is 3.21. The van der Waals surface area contributed by atoms with Crippen LogP contribution in [0.25, 0.3) is 10.8 Å². The molecule has 0 spiro atoms. The molecule has 0 saturated heterocycles. The molecule has 3 nitrogen and oxygen atoms in total. The summed E-state index contributed by atoms with van der Waals surface area (Å²) in [4.78, 5) is 12.0. The van der Waals surface area contributed by atoms with Gasteiger partial charge in [0.15, 0.2) is 6.61 Å². The minimum Gasteiger partial charge on any atom is -0.481 e. The van der Waals surface area contributed by atoms with E-state index in [1.54, 1.807) is 24.3 Å². The zero-order valence-electron chi connectivity index (χ0n) is 12.0. The topological polar surface area (TPSA) is 35.5 Å². The SMILES string of the molecule is O=C(COc1ccc(Cl)cc1Br)Oc1cccc2ccccc12. The zero-order valence-corrected chi connectivity index (χ0v) is 14.3. The largest absolute Gasteiger partial charge is 0.481 e. The summed E-state index contributed by atoms with van der Waals surface area (Å²) in [5, 5.41) is 2.48. The molecular weight excluding hydrogens is 380 g/mol. The van der Waals surface area contributed by atoms with Gasteiger partial charge in [-0.1, -0.05) is 48.0 Å². The van der Waals surface area contributed by atoms with E-state index >= 15 is 0 Å². The third kappa shape index (κ3) is 3.84. The van der Waals surface area contributed by atoms with Crippen molar-refractivity contribution in [2.75, 3.05) is 6.61 Å². The van der Waals surface area contributed by atoms with E-state index in [-0.39, 0.29) is 6.61 Å². The molecule has 0 aromatic heterocycles. The van der Waals surface area contributed by atoms with Gasteiger partial charge in [0, 0.05) is 10.4 Å². The van der Waals surface area contributed by atoms with Gasteiger partial charge in [0.2, 0.25) is 0 Å². The number of carbonyl (C=O) groups excluding carboxylic acids is 1. The maximum absolute atomic E-state index is 12.0. The number of rotatable bonds is 4. The molecule has 0 aliphatic carbocycles. The Labute approximate surface area is 146 Å². The van der Waals surface area contributed by atoms with Gasteiger partial charge in [-0.25, -0.2) is 4.79 Å². The highest BCUT2D eigenvalue weighted by Gasteiger charge is 2.10. The minimum absolute atomic E-state index is 0.191. The van der Waals surface area contributed by atoms with E-state index in [0.717, 1.165) is 10.8 Å². The smallest absolute Gasteiger partial charge is 0.349 e. The van der Waals surface area contributed by atoms with E-state index in [2.05, 4.69) is 15.9 Å². The highest BCUT2D eigenvalue weighted by atomic mass is 79.9. The number of carbonyl (C=O) groups is 1. The molecule has 0 saturated carbocycles. The number of ether oxygens (including phenoxy) is 2. The molecule has 5 heteroatoms. The Kier molecular flexibility index (Phi) is 4.84. The first-order chi connectivity index (χ1) is 11.1. The number of hydrogen-bond donors (Lipinski definition) is 0. The van der Waals surface area contributed by atoms with Crippen LogP contribution in [0.4, 0.5) is 0 Å². The molecule has 0 unspecified atom stereocenters. The Morgan fingerprint density at radius 2 is 1.78 bits per heavy atom. The molecule has 116 valence electrons. The predicted molar refractivity (Wildman–Crippen MR) is 94.2 cm³/mol. The minimum atomic E-state index is -0.469. The summed E-state index contributed by atoms with van der Waals surface area (Å²) in [5.41, 5.74) is 0. The lowest BCUT2D eigenvalue weighted by atomic mass is 10.1. The van der Waals surface area contributed by atoms with Gasteiger partial charge in [0.25, 0.3) is 0 Å². The van der Waals surface area contributed by atoms with Gasteiger partial charge in [0.1, 0.15) is 11.5 Å². The average molecular weight is 392 g/mol. The van der Waals surface area contributed by atoms with Gasteiger partial charge in [-0.2, -0.15) is 0 Å². The van der Waals surface area contributed by atoms with E-state index in [9.17, 15) is 4.79 Å². The van der Waals surface area contributed by atoms with Crippen molar-refractivity contribution in [1.29, 1.82) is 0 Å². The van der Waals surface area contributed by atoms with Crippen LogP contribution < -0.4 is 9.47 Å². The first-order valence-electron chi connectivity index (χ1n) is 6.90. The molecule has 0 atom stereocenters. The lowest BCUT2D eigenvalue weighted by Crippen LogP contribution is -2.18. The zero-order chi connectivity index (χ0) is 16.2. The van der Waals surface area contributed by atoms with Crippen LogP contribution in [-0.4, -0.2) is 12.6 Å². The molecule has 23 heavy (non-hydrogen) atoms. The molecule has 3 rings (SSSR count). The summed E-state index contributed by atoms with van der Waals surface area (Å²) in [6.07, 6.45) is 0. The molecule has 0 amide bonds. The van der Waals surface area contributed by atoms with Gasteiger partial charge in [-0.15, -0.1) is 0 Å². The van der Waals surface area contributed by atoms with Crippen molar-refractivity contribution in [3.63, 3.8) is 0 Å². The van der Waals surface area contributed by atoms with E-state index in [1.165, 1.54) is 0 Å². The second-order valence-electron chi connectivity index (χ2n) is 4.81. The average Bonchev–Trinajstić information content (AvgIpc) is 2.54. The van der Waals surface area contributed by atoms with Gasteiger partial charge < -0.3 is 9.47 Å². The predicted octanol–water partition coefficient (Wildman–Crippen LogP) is 5.24. The summed E-state index contributed by atoms with van der Waals surface area (Å²) < 4.78 is 11.5. The van der Waals surface area contributed by atoms with Crippen LogP contribution in [0, 0.1) is 0 Å². The maximum atomic E-state index is 12.0. The molecule has 0 fully saturated rings. The highest BCUT2D eigenvalue weighted by Crippen LogP contribution is 2.28. The summed E-state index contributed by atoms with van der Waals surface area (Å²) in [6.45, 7) is -0.191. The van der Waals surface area contributed by atoms with Crippen LogP contribution in [0.1, 0.15) is 0 Å². The summed E-state index contributed by atoms with van der Waals surface area (Å²) in [6, 6.07) is 18.4. The van der Waals surface area contributed by atoms with Crippen LogP contribution in [0.3, 0.4) is 0 Å². The lowest BCUT2D eigenvalue weighted by Gasteiger charge is -2.10. The van der Waals surface area contributed by atoms with Crippen LogP contribution in [0.5, 0.6) is 11.5 Å². The number of esters is 1. The Hall–Kier alpha value is -2.04. The Morgan fingerprint density at radius 1 is 1.00 bits per heavy atom. The summed E-state index contributed by atoms with van der Waals surface area (Å²) >= 11 is 9.20. The van der Waals surface area contributed by atoms with Crippen molar-refractivity contribution in [1.82, 2.24) is 0 Å². The molecule has 0 aliphatic heterocycles. The molecule has 0 bridgehead atoms. The van der Waals surface area contributed by atoms with Gasteiger partial charge in [-0.05, 0) is 45.6 Å². The van der Waals surface area contributed by atoms with Crippen molar-refractivity contribution >= 4 is 44.3 Å². The highest BCUT2D eigenvalue weighted by molar-refractivity contribution is 9.10.